The van der Waals surface area contributed by atoms with Crippen LogP contribution >= 0.6 is 0 Å². The number of rotatable bonds is 4. The maximum Gasteiger partial charge on any atom is 0.227 e. The van der Waals surface area contributed by atoms with Gasteiger partial charge in [-0.2, -0.15) is 0 Å². The van der Waals surface area contributed by atoms with Crippen LogP contribution in [0.15, 0.2) is 0 Å². The Kier molecular flexibility index (Phi) is 4.59. The third-order valence-corrected chi connectivity index (χ3v) is 3.13. The Morgan fingerprint density at radius 3 is 2.00 bits per heavy atom. The summed E-state index contributed by atoms with van der Waals surface area (Å²) in [7, 11) is 3.44. The van der Waals surface area contributed by atoms with Crippen molar-refractivity contribution in [3.05, 3.63) is 0 Å². The molecule has 0 aromatic rings. The van der Waals surface area contributed by atoms with E-state index in [1.165, 1.54) is 4.90 Å². The van der Waals surface area contributed by atoms with Gasteiger partial charge in [-0.15, -0.1) is 0 Å². The average Bonchev–Trinajstić information content (AvgIpc) is 2.13. The highest BCUT2D eigenvalue weighted by atomic mass is 16.3. The van der Waals surface area contributed by atoms with Crippen LogP contribution in [-0.2, 0) is 4.79 Å². The molecule has 0 unspecified atom stereocenters. The number of hydrogen-bond acceptors (Lipinski definition) is 2. The van der Waals surface area contributed by atoms with Crippen molar-refractivity contribution in [2.24, 2.45) is 11.8 Å². The molecule has 2 atom stereocenters. The highest BCUT2D eigenvalue weighted by Crippen LogP contribution is 2.30. The summed E-state index contributed by atoms with van der Waals surface area (Å²) in [6.45, 7) is 7.61. The van der Waals surface area contributed by atoms with Crippen LogP contribution in [0.3, 0.4) is 0 Å². The van der Waals surface area contributed by atoms with Gasteiger partial charge in [0.15, 0.2) is 0 Å². The Morgan fingerprint density at radius 1 is 1.36 bits per heavy atom. The third-order valence-electron chi connectivity index (χ3n) is 3.13. The van der Waals surface area contributed by atoms with Crippen molar-refractivity contribution >= 4 is 5.91 Å². The van der Waals surface area contributed by atoms with Gasteiger partial charge in [0.25, 0.3) is 0 Å². The van der Waals surface area contributed by atoms with Crippen LogP contribution in [0, 0.1) is 11.8 Å². The molecule has 84 valence electrons. The van der Waals surface area contributed by atoms with Gasteiger partial charge in [0.2, 0.25) is 5.91 Å². The van der Waals surface area contributed by atoms with Gasteiger partial charge in [0.05, 0.1) is 11.5 Å². The van der Waals surface area contributed by atoms with E-state index in [9.17, 15) is 9.90 Å². The van der Waals surface area contributed by atoms with Crippen LogP contribution in [-0.4, -0.2) is 35.6 Å². The van der Waals surface area contributed by atoms with E-state index in [-0.39, 0.29) is 17.7 Å². The van der Waals surface area contributed by atoms with Gasteiger partial charge in [-0.3, -0.25) is 4.79 Å². The fraction of sp³-hybridized carbons (Fsp3) is 0.909. The van der Waals surface area contributed by atoms with Crippen LogP contribution in [0.25, 0.3) is 0 Å². The fourth-order valence-electron chi connectivity index (χ4n) is 1.82. The molecule has 14 heavy (non-hydrogen) atoms. The molecule has 0 aliphatic carbocycles. The first kappa shape index (κ1) is 13.4. The van der Waals surface area contributed by atoms with E-state index in [0.29, 0.717) is 6.42 Å². The van der Waals surface area contributed by atoms with Gasteiger partial charge in [-0.1, -0.05) is 27.7 Å². The zero-order valence-corrected chi connectivity index (χ0v) is 10.2. The number of carbonyl (C=O) groups excluding carboxylic acids is 1. The number of carbonyl (C=O) groups is 1. The zero-order chi connectivity index (χ0) is 11.5. The molecule has 0 radical (unpaired) electrons. The number of aliphatic hydroxyl groups is 1. The Morgan fingerprint density at radius 2 is 1.79 bits per heavy atom. The van der Waals surface area contributed by atoms with Gasteiger partial charge in [-0.25, -0.2) is 0 Å². The minimum absolute atomic E-state index is 0.0111. The van der Waals surface area contributed by atoms with Crippen molar-refractivity contribution in [3.8, 4) is 0 Å². The summed E-state index contributed by atoms with van der Waals surface area (Å²) < 4.78 is 0. The zero-order valence-electron chi connectivity index (χ0n) is 10.2. The van der Waals surface area contributed by atoms with Crippen molar-refractivity contribution < 1.29 is 9.90 Å². The largest absolute Gasteiger partial charge is 0.389 e. The van der Waals surface area contributed by atoms with Crippen molar-refractivity contribution in [2.75, 3.05) is 14.1 Å². The van der Waals surface area contributed by atoms with Gasteiger partial charge in [-0.05, 0) is 12.3 Å². The van der Waals surface area contributed by atoms with Gasteiger partial charge in [0, 0.05) is 14.1 Å². The molecule has 0 rings (SSSR count). The minimum atomic E-state index is -0.888. The lowest BCUT2D eigenvalue weighted by Crippen LogP contribution is -2.48. The van der Waals surface area contributed by atoms with Crippen molar-refractivity contribution in [2.45, 2.75) is 39.7 Å². The van der Waals surface area contributed by atoms with Crippen LogP contribution in [0.1, 0.15) is 34.1 Å². The van der Waals surface area contributed by atoms with Crippen LogP contribution in [0.4, 0.5) is 0 Å². The molecule has 1 amide bonds. The summed E-state index contributed by atoms with van der Waals surface area (Å²) in [5, 5.41) is 10.3. The molecular formula is C11H23NO2. The van der Waals surface area contributed by atoms with Crippen molar-refractivity contribution in [1.82, 2.24) is 4.90 Å². The Balaban J connectivity index is 4.78. The minimum Gasteiger partial charge on any atom is -0.389 e. The summed E-state index contributed by atoms with van der Waals surface area (Å²) >= 11 is 0. The van der Waals surface area contributed by atoms with Gasteiger partial charge >= 0.3 is 0 Å². The number of hydrogen-bond donors (Lipinski definition) is 1. The predicted octanol–water partition coefficient (Wildman–Crippen LogP) is 1.51. The summed E-state index contributed by atoms with van der Waals surface area (Å²) in [5.74, 6) is -0.267. The molecule has 0 aliphatic rings. The topological polar surface area (TPSA) is 40.5 Å². The van der Waals surface area contributed by atoms with E-state index in [4.69, 9.17) is 0 Å². The lowest BCUT2D eigenvalue weighted by Gasteiger charge is -2.37. The quantitative estimate of drug-likeness (QED) is 0.749. The lowest BCUT2D eigenvalue weighted by molar-refractivity contribution is -0.146. The first-order valence-electron chi connectivity index (χ1n) is 5.20. The smallest absolute Gasteiger partial charge is 0.227 e. The molecule has 0 saturated heterocycles. The second-order valence-corrected chi connectivity index (χ2v) is 4.45. The normalized spacial score (nSPS) is 17.7. The highest BCUT2D eigenvalue weighted by Gasteiger charge is 2.39. The van der Waals surface area contributed by atoms with Gasteiger partial charge < -0.3 is 10.0 Å². The fourth-order valence-corrected chi connectivity index (χ4v) is 1.82. The first-order chi connectivity index (χ1) is 6.27. The standard InChI is InChI=1S/C11H23NO2/c1-7-11(14,8(2)3)9(4)10(13)12(5)6/h8-9,14H,7H2,1-6H3/t9-,11+/m1/s1. The van der Waals surface area contributed by atoms with Crippen LogP contribution in [0.5, 0.6) is 0 Å². The van der Waals surface area contributed by atoms with Crippen LogP contribution in [0.2, 0.25) is 0 Å². The molecule has 0 aromatic heterocycles. The molecule has 0 aliphatic heterocycles. The summed E-state index contributed by atoms with van der Waals surface area (Å²) in [6.07, 6.45) is 0.603. The van der Waals surface area contributed by atoms with Crippen molar-refractivity contribution in [3.63, 3.8) is 0 Å². The molecule has 0 aromatic carbocycles. The second-order valence-electron chi connectivity index (χ2n) is 4.45. The third kappa shape index (κ3) is 2.47. The summed E-state index contributed by atoms with van der Waals surface area (Å²) in [4.78, 5) is 13.3. The lowest BCUT2D eigenvalue weighted by atomic mass is 9.77. The highest BCUT2D eigenvalue weighted by molar-refractivity contribution is 5.79. The van der Waals surface area contributed by atoms with E-state index in [1.54, 1.807) is 21.0 Å². The molecule has 3 heteroatoms. The monoisotopic (exact) mass is 201 g/mol. The average molecular weight is 201 g/mol. The summed E-state index contributed by atoms with van der Waals surface area (Å²) in [5.41, 5.74) is -0.888. The molecule has 0 heterocycles. The predicted molar refractivity (Wildman–Crippen MR) is 57.9 cm³/mol. The molecule has 0 fully saturated rings. The second kappa shape index (κ2) is 4.78. The van der Waals surface area contributed by atoms with E-state index in [1.807, 2.05) is 20.8 Å². The van der Waals surface area contributed by atoms with E-state index >= 15 is 0 Å². The molecule has 0 spiro atoms. The molecule has 0 bridgehead atoms. The Bertz CT molecular complexity index is 201. The molecular weight excluding hydrogens is 178 g/mol. The van der Waals surface area contributed by atoms with E-state index in [2.05, 4.69) is 0 Å². The molecule has 0 saturated carbocycles. The maximum atomic E-state index is 11.7. The van der Waals surface area contributed by atoms with Gasteiger partial charge in [0.1, 0.15) is 0 Å². The number of nitrogens with zero attached hydrogens (tertiary/aromatic N) is 1. The van der Waals surface area contributed by atoms with Crippen molar-refractivity contribution in [1.29, 1.82) is 0 Å². The maximum absolute atomic E-state index is 11.7. The first-order valence-corrected chi connectivity index (χ1v) is 5.20. The molecule has 1 N–H and O–H groups in total. The summed E-state index contributed by atoms with van der Waals surface area (Å²) in [6, 6.07) is 0. The number of amides is 1. The SMILES string of the molecule is CC[C@](O)(C(C)C)[C@H](C)C(=O)N(C)C. The Labute approximate surface area is 87.1 Å². The van der Waals surface area contributed by atoms with E-state index < -0.39 is 5.60 Å². The van der Waals surface area contributed by atoms with E-state index in [0.717, 1.165) is 0 Å². The Hall–Kier alpha value is -0.570. The molecule has 3 nitrogen and oxygen atoms in total. The van der Waals surface area contributed by atoms with Crippen LogP contribution < -0.4 is 0 Å².